The molecule has 0 aromatic heterocycles. The Morgan fingerprint density at radius 1 is 1.38 bits per heavy atom. The van der Waals surface area contributed by atoms with Crippen LogP contribution in [0.15, 0.2) is 17.0 Å². The maximum Gasteiger partial charge on any atom is 0.289 e. The van der Waals surface area contributed by atoms with Gasteiger partial charge in [0.15, 0.2) is 0 Å². The fraction of sp³-hybridized carbons (Fsp3) is 0.143. The fourth-order valence-corrected chi connectivity index (χ4v) is 1.98. The third kappa shape index (κ3) is 2.27. The molecule has 0 unspecified atom stereocenters. The molecule has 1 rings (SSSR count). The second kappa shape index (κ2) is 4.17. The maximum atomic E-state index is 10.5. The summed E-state index contributed by atoms with van der Waals surface area (Å²) in [7, 11) is 0. The summed E-state index contributed by atoms with van der Waals surface area (Å²) < 4.78 is 0. The Morgan fingerprint density at radius 3 is 2.46 bits per heavy atom. The maximum absolute atomic E-state index is 10.5. The Balaban J connectivity index is 3.30. The molecule has 0 radical (unpaired) electrons. The molecule has 0 heterocycles. The number of rotatable bonds is 2. The number of nitrogens with zero attached hydrogens (tertiary/aromatic N) is 1. The van der Waals surface area contributed by atoms with Crippen LogP contribution in [0, 0.1) is 10.1 Å². The molecular formula is C7H5Cl2NO2S. The van der Waals surface area contributed by atoms with Crippen molar-refractivity contribution >= 4 is 40.7 Å². The predicted octanol–water partition coefficient (Wildman–Crippen LogP) is 3.62. The van der Waals surface area contributed by atoms with Crippen molar-refractivity contribution in [1.29, 1.82) is 0 Å². The standard InChI is InChI=1S/C7H5Cl2NO2S/c1-13-7-3-6(10(11)12)4(8)2-5(7)9/h2-3H,1H3. The summed E-state index contributed by atoms with van der Waals surface area (Å²) in [5, 5.41) is 11.0. The van der Waals surface area contributed by atoms with Crippen molar-refractivity contribution in [3.63, 3.8) is 0 Å². The van der Waals surface area contributed by atoms with E-state index in [0.29, 0.717) is 9.92 Å². The second-order valence-electron chi connectivity index (χ2n) is 2.20. The molecule has 70 valence electrons. The lowest BCUT2D eigenvalue weighted by Crippen LogP contribution is -1.89. The van der Waals surface area contributed by atoms with Crippen LogP contribution in [0.3, 0.4) is 0 Å². The average Bonchev–Trinajstić information content (AvgIpc) is 2.03. The number of thioether (sulfide) groups is 1. The molecule has 0 saturated carbocycles. The molecule has 0 atom stereocenters. The van der Waals surface area contributed by atoms with E-state index in [1.165, 1.54) is 23.9 Å². The molecule has 0 saturated heterocycles. The van der Waals surface area contributed by atoms with Gasteiger partial charge in [-0.25, -0.2) is 0 Å². The van der Waals surface area contributed by atoms with Gasteiger partial charge in [0.2, 0.25) is 0 Å². The number of hydrogen-bond donors (Lipinski definition) is 0. The fourth-order valence-electron chi connectivity index (χ4n) is 0.815. The first kappa shape index (κ1) is 10.6. The van der Waals surface area contributed by atoms with Gasteiger partial charge < -0.3 is 0 Å². The number of benzene rings is 1. The molecule has 0 fully saturated rings. The van der Waals surface area contributed by atoms with Crippen molar-refractivity contribution in [2.45, 2.75) is 4.90 Å². The van der Waals surface area contributed by atoms with E-state index in [9.17, 15) is 10.1 Å². The van der Waals surface area contributed by atoms with E-state index < -0.39 is 4.92 Å². The van der Waals surface area contributed by atoms with Crippen LogP contribution in [0.5, 0.6) is 0 Å². The van der Waals surface area contributed by atoms with Crippen LogP contribution in [-0.4, -0.2) is 11.2 Å². The summed E-state index contributed by atoms with van der Waals surface area (Å²) in [5.74, 6) is 0. The minimum Gasteiger partial charge on any atom is -0.258 e. The summed E-state index contributed by atoms with van der Waals surface area (Å²) in [6.45, 7) is 0. The molecule has 1 aromatic rings. The summed E-state index contributed by atoms with van der Waals surface area (Å²) >= 11 is 12.7. The molecule has 0 N–H and O–H groups in total. The quantitative estimate of drug-likeness (QED) is 0.449. The molecule has 1 aromatic carbocycles. The molecule has 0 amide bonds. The molecule has 0 aliphatic heterocycles. The largest absolute Gasteiger partial charge is 0.289 e. The van der Waals surface area contributed by atoms with Crippen molar-refractivity contribution in [3.8, 4) is 0 Å². The molecule has 3 nitrogen and oxygen atoms in total. The van der Waals surface area contributed by atoms with Crippen molar-refractivity contribution in [2.24, 2.45) is 0 Å². The summed E-state index contributed by atoms with van der Waals surface area (Å²) in [5.41, 5.74) is -0.115. The molecule has 0 aliphatic carbocycles. The zero-order chi connectivity index (χ0) is 10.0. The van der Waals surface area contributed by atoms with E-state index in [4.69, 9.17) is 23.2 Å². The van der Waals surface area contributed by atoms with Crippen LogP contribution in [-0.2, 0) is 0 Å². The zero-order valence-electron chi connectivity index (χ0n) is 6.58. The Labute approximate surface area is 89.2 Å². The number of hydrogen-bond acceptors (Lipinski definition) is 3. The topological polar surface area (TPSA) is 43.1 Å². The first-order valence-electron chi connectivity index (χ1n) is 3.23. The van der Waals surface area contributed by atoms with E-state index in [1.807, 2.05) is 0 Å². The van der Waals surface area contributed by atoms with E-state index in [-0.39, 0.29) is 10.7 Å². The van der Waals surface area contributed by atoms with Gasteiger partial charge in [-0.3, -0.25) is 10.1 Å². The van der Waals surface area contributed by atoms with Gasteiger partial charge in [-0.1, -0.05) is 23.2 Å². The molecule has 6 heteroatoms. The molecule has 0 aliphatic rings. The van der Waals surface area contributed by atoms with E-state index in [2.05, 4.69) is 0 Å². The first-order chi connectivity index (χ1) is 6.06. The minimum absolute atomic E-state index is 0.0628. The Kier molecular flexibility index (Phi) is 3.41. The van der Waals surface area contributed by atoms with Crippen LogP contribution in [0.2, 0.25) is 10.0 Å². The van der Waals surface area contributed by atoms with Gasteiger partial charge >= 0.3 is 0 Å². The highest BCUT2D eigenvalue weighted by molar-refractivity contribution is 7.98. The lowest BCUT2D eigenvalue weighted by atomic mass is 10.3. The van der Waals surface area contributed by atoms with E-state index in [1.54, 1.807) is 6.26 Å². The summed E-state index contributed by atoms with van der Waals surface area (Å²) in [6, 6.07) is 2.75. The number of nitro benzene ring substituents is 1. The van der Waals surface area contributed by atoms with Crippen molar-refractivity contribution in [2.75, 3.05) is 6.26 Å². The highest BCUT2D eigenvalue weighted by Gasteiger charge is 2.15. The van der Waals surface area contributed by atoms with Crippen LogP contribution >= 0.6 is 35.0 Å². The third-order valence-electron chi connectivity index (χ3n) is 1.42. The van der Waals surface area contributed by atoms with E-state index in [0.717, 1.165) is 0 Å². The average molecular weight is 238 g/mol. The van der Waals surface area contributed by atoms with Gasteiger partial charge in [-0.05, 0) is 12.3 Å². The van der Waals surface area contributed by atoms with Gasteiger partial charge in [0.25, 0.3) is 5.69 Å². The molecular weight excluding hydrogens is 233 g/mol. The smallest absolute Gasteiger partial charge is 0.258 e. The van der Waals surface area contributed by atoms with Gasteiger partial charge in [0.05, 0.1) is 9.95 Å². The van der Waals surface area contributed by atoms with Crippen LogP contribution in [0.4, 0.5) is 5.69 Å². The van der Waals surface area contributed by atoms with Gasteiger partial charge in [-0.15, -0.1) is 11.8 Å². The lowest BCUT2D eigenvalue weighted by molar-refractivity contribution is -0.384. The summed E-state index contributed by atoms with van der Waals surface area (Å²) in [4.78, 5) is 10.6. The van der Waals surface area contributed by atoms with Gasteiger partial charge in [-0.2, -0.15) is 0 Å². The van der Waals surface area contributed by atoms with Crippen molar-refractivity contribution < 1.29 is 4.92 Å². The van der Waals surface area contributed by atoms with Gasteiger partial charge in [0.1, 0.15) is 5.02 Å². The SMILES string of the molecule is CSc1cc([N+](=O)[O-])c(Cl)cc1Cl. The summed E-state index contributed by atoms with van der Waals surface area (Å²) in [6.07, 6.45) is 1.79. The second-order valence-corrected chi connectivity index (χ2v) is 3.86. The van der Waals surface area contributed by atoms with E-state index >= 15 is 0 Å². The first-order valence-corrected chi connectivity index (χ1v) is 5.21. The van der Waals surface area contributed by atoms with Crippen LogP contribution in [0.25, 0.3) is 0 Å². The van der Waals surface area contributed by atoms with Crippen LogP contribution in [0.1, 0.15) is 0 Å². The molecule has 13 heavy (non-hydrogen) atoms. The monoisotopic (exact) mass is 237 g/mol. The Morgan fingerprint density at radius 2 is 2.00 bits per heavy atom. The highest BCUT2D eigenvalue weighted by atomic mass is 35.5. The third-order valence-corrected chi connectivity index (χ3v) is 2.92. The lowest BCUT2D eigenvalue weighted by Gasteiger charge is -2.01. The Bertz CT molecular complexity index is 357. The molecule has 0 bridgehead atoms. The van der Waals surface area contributed by atoms with Crippen LogP contribution < -0.4 is 0 Å². The zero-order valence-corrected chi connectivity index (χ0v) is 8.91. The molecule has 0 spiro atoms. The van der Waals surface area contributed by atoms with Gasteiger partial charge in [0, 0.05) is 11.0 Å². The number of halogens is 2. The minimum atomic E-state index is -0.529. The Hall–Kier alpha value is -0.450. The predicted molar refractivity (Wildman–Crippen MR) is 54.9 cm³/mol. The van der Waals surface area contributed by atoms with Crippen molar-refractivity contribution in [1.82, 2.24) is 0 Å². The highest BCUT2D eigenvalue weighted by Crippen LogP contribution is 2.34. The normalized spacial score (nSPS) is 10.1. The number of nitro groups is 1. The van der Waals surface area contributed by atoms with Crippen molar-refractivity contribution in [3.05, 3.63) is 32.3 Å².